The Balaban J connectivity index is 2.25. The second kappa shape index (κ2) is 6.77. The first-order valence-corrected chi connectivity index (χ1v) is 7.07. The number of hydrogen-bond acceptors (Lipinski definition) is 3. The van der Waals surface area contributed by atoms with Crippen LogP contribution in [0.1, 0.15) is 11.7 Å². The second-order valence-corrected chi connectivity index (χ2v) is 5.29. The van der Waals surface area contributed by atoms with Crippen LogP contribution in [0.5, 0.6) is 11.5 Å². The van der Waals surface area contributed by atoms with E-state index in [1.807, 2.05) is 48.5 Å². The Kier molecular flexibility index (Phi) is 5.04. The van der Waals surface area contributed by atoms with E-state index in [0.717, 1.165) is 20.6 Å². The van der Waals surface area contributed by atoms with Crippen molar-refractivity contribution in [2.45, 2.75) is 6.10 Å². The van der Waals surface area contributed by atoms with Gasteiger partial charge in [-0.3, -0.25) is 0 Å². The average molecular weight is 369 g/mol. The minimum absolute atomic E-state index is 0.214. The monoisotopic (exact) mass is 369 g/mol. The van der Waals surface area contributed by atoms with Crippen LogP contribution in [0.4, 0.5) is 0 Å². The normalized spacial score (nSPS) is 11.9. The molecule has 2 aromatic rings. The molecule has 1 unspecified atom stereocenters. The maximum atomic E-state index is 5.96. The molecule has 0 aliphatic heterocycles. The van der Waals surface area contributed by atoms with Crippen LogP contribution in [0.2, 0.25) is 0 Å². The molecular weight excluding hydrogens is 353 g/mol. The number of methoxy groups -OCH3 is 1. The summed E-state index contributed by atoms with van der Waals surface area (Å²) in [4.78, 5) is 0. The lowest BCUT2D eigenvalue weighted by molar-refractivity contribution is 0.209. The summed E-state index contributed by atoms with van der Waals surface area (Å²) in [6.07, 6.45) is -0.214. The van der Waals surface area contributed by atoms with E-state index in [4.69, 9.17) is 15.2 Å². The topological polar surface area (TPSA) is 44.5 Å². The highest BCUT2D eigenvalue weighted by Gasteiger charge is 2.16. The van der Waals surface area contributed by atoms with Crippen LogP contribution >= 0.6 is 22.6 Å². The maximum absolute atomic E-state index is 5.96. The molecule has 2 N–H and O–H groups in total. The number of ether oxygens (including phenoxy) is 2. The van der Waals surface area contributed by atoms with Crippen molar-refractivity contribution in [1.82, 2.24) is 0 Å². The van der Waals surface area contributed by atoms with Crippen LogP contribution in [0, 0.1) is 3.57 Å². The molecule has 2 aromatic carbocycles. The molecule has 0 saturated heterocycles. The summed E-state index contributed by atoms with van der Waals surface area (Å²) in [7, 11) is 1.65. The van der Waals surface area contributed by atoms with E-state index in [2.05, 4.69) is 22.6 Å². The lowest BCUT2D eigenvalue weighted by Crippen LogP contribution is -2.19. The van der Waals surface area contributed by atoms with Crippen molar-refractivity contribution in [3.05, 3.63) is 57.7 Å². The van der Waals surface area contributed by atoms with E-state index in [9.17, 15) is 0 Å². The molecule has 3 nitrogen and oxygen atoms in total. The predicted molar refractivity (Wildman–Crippen MR) is 84.6 cm³/mol. The van der Waals surface area contributed by atoms with E-state index in [1.54, 1.807) is 7.11 Å². The molecule has 0 radical (unpaired) electrons. The van der Waals surface area contributed by atoms with Gasteiger partial charge in [-0.1, -0.05) is 24.3 Å². The van der Waals surface area contributed by atoms with Crippen molar-refractivity contribution < 1.29 is 9.47 Å². The third-order valence-corrected chi connectivity index (χ3v) is 3.45. The van der Waals surface area contributed by atoms with Gasteiger partial charge in [-0.15, -0.1) is 0 Å². The Morgan fingerprint density at radius 3 is 2.63 bits per heavy atom. The van der Waals surface area contributed by atoms with E-state index >= 15 is 0 Å². The fraction of sp³-hybridized carbons (Fsp3) is 0.200. The molecule has 0 aliphatic carbocycles. The molecule has 2 rings (SSSR count). The van der Waals surface area contributed by atoms with E-state index in [1.165, 1.54) is 0 Å². The standard InChI is InChI=1S/C15H16INO2/c1-18-14-8-3-2-7-13(14)15(10-17)19-12-6-4-5-11(16)9-12/h2-9,15H,10,17H2,1H3. The zero-order valence-corrected chi connectivity index (χ0v) is 12.8. The maximum Gasteiger partial charge on any atom is 0.139 e. The van der Waals surface area contributed by atoms with Crippen LogP contribution in [-0.4, -0.2) is 13.7 Å². The minimum Gasteiger partial charge on any atom is -0.496 e. The first-order chi connectivity index (χ1) is 9.24. The van der Waals surface area contributed by atoms with Crippen molar-refractivity contribution in [2.75, 3.05) is 13.7 Å². The first kappa shape index (κ1) is 14.1. The van der Waals surface area contributed by atoms with Crippen LogP contribution < -0.4 is 15.2 Å². The summed E-state index contributed by atoms with van der Waals surface area (Å²) in [5.41, 5.74) is 6.80. The molecule has 19 heavy (non-hydrogen) atoms. The third kappa shape index (κ3) is 3.61. The fourth-order valence-corrected chi connectivity index (χ4v) is 2.39. The van der Waals surface area contributed by atoms with E-state index in [0.29, 0.717) is 6.54 Å². The van der Waals surface area contributed by atoms with Crippen molar-refractivity contribution >= 4 is 22.6 Å². The third-order valence-electron chi connectivity index (χ3n) is 2.77. The van der Waals surface area contributed by atoms with Gasteiger partial charge in [0.2, 0.25) is 0 Å². The van der Waals surface area contributed by atoms with Crippen LogP contribution in [0.15, 0.2) is 48.5 Å². The lowest BCUT2D eigenvalue weighted by Gasteiger charge is -2.20. The molecule has 0 spiro atoms. The number of para-hydroxylation sites is 1. The van der Waals surface area contributed by atoms with Crippen molar-refractivity contribution in [1.29, 1.82) is 0 Å². The molecule has 0 aliphatic rings. The van der Waals surface area contributed by atoms with Crippen molar-refractivity contribution in [3.8, 4) is 11.5 Å². The number of hydrogen-bond donors (Lipinski definition) is 1. The smallest absolute Gasteiger partial charge is 0.139 e. The predicted octanol–water partition coefficient (Wildman–Crippen LogP) is 3.38. The summed E-state index contributed by atoms with van der Waals surface area (Å²) >= 11 is 2.26. The van der Waals surface area contributed by atoms with Crippen LogP contribution in [0.25, 0.3) is 0 Å². The fourth-order valence-electron chi connectivity index (χ4n) is 1.88. The summed E-state index contributed by atoms with van der Waals surface area (Å²) in [5.74, 6) is 1.61. The van der Waals surface area contributed by atoms with Crippen LogP contribution in [-0.2, 0) is 0 Å². The van der Waals surface area contributed by atoms with Gasteiger partial charge in [0.05, 0.1) is 7.11 Å². The Hall–Kier alpha value is -1.27. The highest BCUT2D eigenvalue weighted by atomic mass is 127. The Morgan fingerprint density at radius 2 is 1.95 bits per heavy atom. The van der Waals surface area contributed by atoms with Gasteiger partial charge in [0.1, 0.15) is 17.6 Å². The summed E-state index contributed by atoms with van der Waals surface area (Å²) in [5, 5.41) is 0. The Bertz CT molecular complexity index is 545. The van der Waals surface area contributed by atoms with Gasteiger partial charge >= 0.3 is 0 Å². The zero-order valence-electron chi connectivity index (χ0n) is 10.7. The van der Waals surface area contributed by atoms with Gasteiger partial charge in [-0.2, -0.15) is 0 Å². The molecule has 0 amide bonds. The van der Waals surface area contributed by atoms with Gasteiger partial charge in [-0.05, 0) is 46.9 Å². The Labute approximate surface area is 126 Å². The molecule has 1 atom stereocenters. The van der Waals surface area contributed by atoms with Crippen molar-refractivity contribution in [3.63, 3.8) is 0 Å². The number of rotatable bonds is 5. The van der Waals surface area contributed by atoms with Gasteiger partial charge in [-0.25, -0.2) is 0 Å². The first-order valence-electron chi connectivity index (χ1n) is 6.00. The van der Waals surface area contributed by atoms with Gasteiger partial charge in [0, 0.05) is 15.7 Å². The minimum atomic E-state index is -0.214. The summed E-state index contributed by atoms with van der Waals surface area (Å²) in [6, 6.07) is 15.7. The highest BCUT2D eigenvalue weighted by molar-refractivity contribution is 14.1. The van der Waals surface area contributed by atoms with E-state index in [-0.39, 0.29) is 6.10 Å². The number of halogens is 1. The molecule has 0 aromatic heterocycles. The summed E-state index contributed by atoms with van der Waals surface area (Å²) < 4.78 is 12.4. The molecular formula is C15H16INO2. The lowest BCUT2D eigenvalue weighted by atomic mass is 10.1. The Morgan fingerprint density at radius 1 is 1.16 bits per heavy atom. The molecule has 4 heteroatoms. The molecule has 0 heterocycles. The quantitative estimate of drug-likeness (QED) is 0.822. The molecule has 0 bridgehead atoms. The number of benzene rings is 2. The van der Waals surface area contributed by atoms with Crippen LogP contribution in [0.3, 0.4) is 0 Å². The van der Waals surface area contributed by atoms with Gasteiger partial charge in [0.25, 0.3) is 0 Å². The molecule has 0 fully saturated rings. The summed E-state index contributed by atoms with van der Waals surface area (Å²) in [6.45, 7) is 0.395. The van der Waals surface area contributed by atoms with Gasteiger partial charge < -0.3 is 15.2 Å². The average Bonchev–Trinajstić information content (AvgIpc) is 2.45. The van der Waals surface area contributed by atoms with Gasteiger partial charge in [0.15, 0.2) is 0 Å². The largest absolute Gasteiger partial charge is 0.496 e. The number of nitrogens with two attached hydrogens (primary N) is 1. The highest BCUT2D eigenvalue weighted by Crippen LogP contribution is 2.28. The SMILES string of the molecule is COc1ccccc1C(CN)Oc1cccc(I)c1. The second-order valence-electron chi connectivity index (χ2n) is 4.04. The zero-order chi connectivity index (χ0) is 13.7. The van der Waals surface area contributed by atoms with E-state index < -0.39 is 0 Å². The molecule has 0 saturated carbocycles. The molecule has 100 valence electrons. The van der Waals surface area contributed by atoms with Crippen molar-refractivity contribution in [2.24, 2.45) is 5.73 Å².